The van der Waals surface area contributed by atoms with E-state index in [4.69, 9.17) is 4.74 Å². The molecule has 10 heteroatoms. The molecule has 0 saturated carbocycles. The predicted molar refractivity (Wildman–Crippen MR) is 91.0 cm³/mol. The summed E-state index contributed by atoms with van der Waals surface area (Å²) < 4.78 is 72.4. The molecule has 1 aliphatic rings. The quantitative estimate of drug-likeness (QED) is 0.342. The number of benzene rings is 1. The Labute approximate surface area is 160 Å². The molecule has 0 bridgehead atoms. The molecule has 1 aromatic carbocycles. The van der Waals surface area contributed by atoms with Crippen LogP contribution in [0.15, 0.2) is 0 Å². The standard InChI is InChI=1S/C18H14F5NO3S/c1-6-3-4-7-8(5-6)28-17(9(7)18(26)27-2)24-16(25)10-11(19)13(21)15(23)14(22)12(10)20/h6H,3-5H2,1-2H3,(H,24,25)/t6-/m1/s1. The fraction of sp³-hybridized carbons (Fsp3) is 0.333. The number of hydrogen-bond donors (Lipinski definition) is 1. The molecule has 3 rings (SSSR count). The zero-order chi connectivity index (χ0) is 20.7. The summed E-state index contributed by atoms with van der Waals surface area (Å²) >= 11 is 1.02. The predicted octanol–water partition coefficient (Wildman–Crippen LogP) is 4.61. The number of hydrogen-bond acceptors (Lipinski definition) is 4. The van der Waals surface area contributed by atoms with E-state index in [1.54, 1.807) is 0 Å². The number of amides is 1. The van der Waals surface area contributed by atoms with Crippen LogP contribution in [0.1, 0.15) is 44.5 Å². The lowest BCUT2D eigenvalue weighted by Crippen LogP contribution is -2.20. The lowest BCUT2D eigenvalue weighted by atomic mass is 9.88. The summed E-state index contributed by atoms with van der Waals surface area (Å²) in [7, 11) is 1.13. The number of thiophene rings is 1. The number of methoxy groups -OCH3 is 1. The number of carbonyl (C=O) groups is 2. The molecular formula is C18H14F5NO3S. The lowest BCUT2D eigenvalue weighted by Gasteiger charge is -2.18. The van der Waals surface area contributed by atoms with Crippen LogP contribution in [0.3, 0.4) is 0 Å². The molecule has 0 aliphatic heterocycles. The molecule has 0 spiro atoms. The number of nitrogens with one attached hydrogen (secondary N) is 1. The van der Waals surface area contributed by atoms with Gasteiger partial charge in [0.05, 0.1) is 12.7 Å². The van der Waals surface area contributed by atoms with Gasteiger partial charge in [-0.2, -0.15) is 0 Å². The number of halogens is 5. The van der Waals surface area contributed by atoms with Gasteiger partial charge in [-0.25, -0.2) is 26.7 Å². The third kappa shape index (κ3) is 3.25. The van der Waals surface area contributed by atoms with Crippen molar-refractivity contribution >= 4 is 28.2 Å². The molecule has 1 atom stereocenters. The van der Waals surface area contributed by atoms with E-state index in [1.807, 2.05) is 6.92 Å². The van der Waals surface area contributed by atoms with Crippen molar-refractivity contribution in [2.45, 2.75) is 26.2 Å². The van der Waals surface area contributed by atoms with Gasteiger partial charge in [-0.3, -0.25) is 4.79 Å². The molecule has 1 aliphatic carbocycles. The molecule has 28 heavy (non-hydrogen) atoms. The van der Waals surface area contributed by atoms with Gasteiger partial charge in [0.1, 0.15) is 10.6 Å². The Hall–Kier alpha value is -2.49. The highest BCUT2D eigenvalue weighted by atomic mass is 32.1. The first-order valence-electron chi connectivity index (χ1n) is 8.22. The maximum absolute atomic E-state index is 13.9. The second-order valence-corrected chi connectivity index (χ2v) is 7.55. The van der Waals surface area contributed by atoms with Gasteiger partial charge in [0.25, 0.3) is 5.91 Å². The van der Waals surface area contributed by atoms with Crippen LogP contribution in [-0.4, -0.2) is 19.0 Å². The Morgan fingerprint density at radius 3 is 2.14 bits per heavy atom. The zero-order valence-corrected chi connectivity index (χ0v) is 15.5. The molecule has 150 valence electrons. The van der Waals surface area contributed by atoms with Gasteiger partial charge in [-0.15, -0.1) is 11.3 Å². The summed E-state index contributed by atoms with van der Waals surface area (Å²) in [6.45, 7) is 2.01. The van der Waals surface area contributed by atoms with Crippen LogP contribution in [0.4, 0.5) is 27.0 Å². The van der Waals surface area contributed by atoms with Crippen LogP contribution in [0.25, 0.3) is 0 Å². The van der Waals surface area contributed by atoms with Gasteiger partial charge in [-0.05, 0) is 30.7 Å². The molecule has 0 saturated heterocycles. The van der Waals surface area contributed by atoms with Crippen molar-refractivity contribution in [3.8, 4) is 0 Å². The fourth-order valence-electron chi connectivity index (χ4n) is 3.13. The van der Waals surface area contributed by atoms with E-state index in [0.717, 1.165) is 29.7 Å². The first kappa shape index (κ1) is 20.2. The molecule has 0 unspecified atom stereocenters. The van der Waals surface area contributed by atoms with E-state index in [0.29, 0.717) is 24.3 Å². The molecule has 0 fully saturated rings. The number of rotatable bonds is 3. The highest BCUT2D eigenvalue weighted by molar-refractivity contribution is 7.17. The Bertz CT molecular complexity index is 959. The number of esters is 1. The van der Waals surface area contributed by atoms with E-state index in [9.17, 15) is 31.5 Å². The maximum Gasteiger partial charge on any atom is 0.341 e. The van der Waals surface area contributed by atoms with Crippen LogP contribution in [-0.2, 0) is 17.6 Å². The van der Waals surface area contributed by atoms with Crippen molar-refractivity contribution in [1.82, 2.24) is 0 Å². The molecule has 4 nitrogen and oxygen atoms in total. The minimum Gasteiger partial charge on any atom is -0.465 e. The number of fused-ring (bicyclic) bond motifs is 1. The zero-order valence-electron chi connectivity index (χ0n) is 14.7. The topological polar surface area (TPSA) is 55.4 Å². The summed E-state index contributed by atoms with van der Waals surface area (Å²) in [4.78, 5) is 25.3. The summed E-state index contributed by atoms with van der Waals surface area (Å²) in [6.07, 6.45) is 1.96. The third-order valence-electron chi connectivity index (χ3n) is 4.57. The number of carbonyl (C=O) groups excluding carboxylic acids is 2. The summed E-state index contributed by atoms with van der Waals surface area (Å²) in [6, 6.07) is 0. The average molecular weight is 419 g/mol. The van der Waals surface area contributed by atoms with E-state index < -0.39 is 46.5 Å². The highest BCUT2D eigenvalue weighted by Crippen LogP contribution is 2.40. The molecule has 1 amide bonds. The van der Waals surface area contributed by atoms with Gasteiger partial charge in [-0.1, -0.05) is 6.92 Å². The first-order chi connectivity index (χ1) is 13.2. The highest BCUT2D eigenvalue weighted by Gasteiger charge is 2.33. The van der Waals surface area contributed by atoms with Crippen molar-refractivity contribution in [1.29, 1.82) is 0 Å². The van der Waals surface area contributed by atoms with E-state index in [1.165, 1.54) is 0 Å². The normalized spacial score (nSPS) is 15.9. The van der Waals surface area contributed by atoms with Crippen molar-refractivity contribution in [2.24, 2.45) is 5.92 Å². The summed E-state index contributed by atoms with van der Waals surface area (Å²) in [5.41, 5.74) is -0.929. The molecule has 2 aromatic rings. The summed E-state index contributed by atoms with van der Waals surface area (Å²) in [5.74, 6) is -13.3. The summed E-state index contributed by atoms with van der Waals surface area (Å²) in [5, 5.41) is 2.06. The Morgan fingerprint density at radius 1 is 1.00 bits per heavy atom. The minimum absolute atomic E-state index is 0.0339. The SMILES string of the molecule is COC(=O)c1c(NC(=O)c2c(F)c(F)c(F)c(F)c2F)sc2c1CC[C@@H](C)C2. The Balaban J connectivity index is 2.06. The molecular weight excluding hydrogens is 405 g/mol. The third-order valence-corrected chi connectivity index (χ3v) is 5.73. The molecule has 1 N–H and O–H groups in total. The van der Waals surface area contributed by atoms with Crippen molar-refractivity contribution < 1.29 is 36.3 Å². The minimum atomic E-state index is -2.36. The van der Waals surface area contributed by atoms with Crippen LogP contribution in [0.5, 0.6) is 0 Å². The second kappa shape index (κ2) is 7.50. The monoisotopic (exact) mass is 419 g/mol. The van der Waals surface area contributed by atoms with Gasteiger partial charge in [0.2, 0.25) is 5.82 Å². The first-order valence-corrected chi connectivity index (χ1v) is 9.04. The van der Waals surface area contributed by atoms with Crippen LogP contribution >= 0.6 is 11.3 Å². The average Bonchev–Trinajstić information content (AvgIpc) is 3.00. The van der Waals surface area contributed by atoms with E-state index in [2.05, 4.69) is 5.32 Å². The second-order valence-electron chi connectivity index (χ2n) is 6.45. The Kier molecular flexibility index (Phi) is 5.42. The van der Waals surface area contributed by atoms with Crippen LogP contribution in [0, 0.1) is 35.0 Å². The fourth-order valence-corrected chi connectivity index (χ4v) is 4.52. The van der Waals surface area contributed by atoms with E-state index in [-0.39, 0.29) is 10.6 Å². The van der Waals surface area contributed by atoms with Gasteiger partial charge in [0.15, 0.2) is 23.3 Å². The largest absolute Gasteiger partial charge is 0.465 e. The van der Waals surface area contributed by atoms with Crippen molar-refractivity contribution in [2.75, 3.05) is 12.4 Å². The van der Waals surface area contributed by atoms with Gasteiger partial charge < -0.3 is 10.1 Å². The van der Waals surface area contributed by atoms with Crippen LogP contribution < -0.4 is 5.32 Å². The number of anilines is 1. The van der Waals surface area contributed by atoms with Crippen molar-refractivity contribution in [3.63, 3.8) is 0 Å². The van der Waals surface area contributed by atoms with Crippen molar-refractivity contribution in [3.05, 3.63) is 50.7 Å². The smallest absolute Gasteiger partial charge is 0.341 e. The van der Waals surface area contributed by atoms with Crippen LogP contribution in [0.2, 0.25) is 0 Å². The molecule has 0 radical (unpaired) electrons. The number of ether oxygens (including phenoxy) is 1. The lowest BCUT2D eigenvalue weighted by molar-refractivity contribution is 0.0601. The maximum atomic E-state index is 13.9. The Morgan fingerprint density at radius 2 is 1.57 bits per heavy atom. The molecule has 1 aromatic heterocycles. The molecule has 1 heterocycles. The van der Waals surface area contributed by atoms with Gasteiger partial charge >= 0.3 is 5.97 Å². The van der Waals surface area contributed by atoms with Gasteiger partial charge in [0, 0.05) is 4.88 Å². The van der Waals surface area contributed by atoms with E-state index >= 15 is 0 Å².